The number of hydrogen-bond acceptors (Lipinski definition) is 1. The second-order valence-corrected chi connectivity index (χ2v) is 4.49. The molecule has 0 spiro atoms. The number of allylic oxidation sites excluding steroid dienone is 1. The van der Waals surface area contributed by atoms with Crippen LogP contribution < -0.4 is 5.73 Å². The lowest BCUT2D eigenvalue weighted by Crippen LogP contribution is -2.10. The normalized spacial score (nSPS) is 12.6. The summed E-state index contributed by atoms with van der Waals surface area (Å²) < 4.78 is 0. The zero-order valence-electron chi connectivity index (χ0n) is 10.3. The third-order valence-corrected chi connectivity index (χ3v) is 3.26. The summed E-state index contributed by atoms with van der Waals surface area (Å²) in [6.45, 7) is 5.89. The number of rotatable bonds is 4. The fraction of sp³-hybridized carbons (Fsp3) is 0.250. The Morgan fingerprint density at radius 2 is 1.88 bits per heavy atom. The van der Waals surface area contributed by atoms with E-state index in [1.165, 1.54) is 21.9 Å². The number of nitrogens with two attached hydrogens (primary N) is 1. The highest BCUT2D eigenvalue weighted by Gasteiger charge is 2.09. The van der Waals surface area contributed by atoms with Gasteiger partial charge in [-0.1, -0.05) is 42.5 Å². The maximum Gasteiger partial charge on any atom is 0.0303 e. The molecule has 2 N–H and O–H groups in total. The predicted molar refractivity (Wildman–Crippen MR) is 75.0 cm³/mol. The standard InChI is InChI=1S/C16H19N/c1-3-4-9-16(17)15-11-10-12(2)13-7-5-6-8-14(13)15/h3,5-8,10-11,16H,1,4,9,17H2,2H3/t16-/m0/s1. The Bertz CT molecular complexity index is 528. The molecule has 0 radical (unpaired) electrons. The van der Waals surface area contributed by atoms with Gasteiger partial charge in [0.25, 0.3) is 0 Å². The van der Waals surface area contributed by atoms with E-state index in [4.69, 9.17) is 5.73 Å². The Balaban J connectivity index is 2.47. The topological polar surface area (TPSA) is 26.0 Å². The molecule has 0 saturated heterocycles. The highest BCUT2D eigenvalue weighted by atomic mass is 14.6. The maximum atomic E-state index is 6.25. The summed E-state index contributed by atoms with van der Waals surface area (Å²) in [5.41, 5.74) is 8.80. The Hall–Kier alpha value is -1.60. The van der Waals surface area contributed by atoms with Gasteiger partial charge >= 0.3 is 0 Å². The SMILES string of the molecule is C=CCC[C@H](N)c1ccc(C)c2ccccc12. The minimum Gasteiger partial charge on any atom is -0.324 e. The number of fused-ring (bicyclic) bond motifs is 1. The summed E-state index contributed by atoms with van der Waals surface area (Å²) in [4.78, 5) is 0. The van der Waals surface area contributed by atoms with Gasteiger partial charge in [-0.15, -0.1) is 6.58 Å². The van der Waals surface area contributed by atoms with Crippen LogP contribution in [0, 0.1) is 6.92 Å². The zero-order valence-corrected chi connectivity index (χ0v) is 10.3. The molecule has 0 aliphatic rings. The van der Waals surface area contributed by atoms with Gasteiger partial charge in [0, 0.05) is 6.04 Å². The first-order valence-electron chi connectivity index (χ1n) is 6.08. The number of hydrogen-bond donors (Lipinski definition) is 1. The van der Waals surface area contributed by atoms with Crippen molar-refractivity contribution in [1.82, 2.24) is 0 Å². The van der Waals surface area contributed by atoms with Gasteiger partial charge < -0.3 is 5.73 Å². The van der Waals surface area contributed by atoms with Crippen LogP contribution in [0.5, 0.6) is 0 Å². The van der Waals surface area contributed by atoms with Crippen LogP contribution in [0.3, 0.4) is 0 Å². The molecular formula is C16H19N. The van der Waals surface area contributed by atoms with Crippen molar-refractivity contribution < 1.29 is 0 Å². The summed E-state index contributed by atoms with van der Waals surface area (Å²) in [5, 5.41) is 2.59. The monoisotopic (exact) mass is 225 g/mol. The number of aryl methyl sites for hydroxylation is 1. The van der Waals surface area contributed by atoms with Crippen LogP contribution in [-0.4, -0.2) is 0 Å². The minimum absolute atomic E-state index is 0.0958. The molecule has 1 atom stereocenters. The van der Waals surface area contributed by atoms with Crippen LogP contribution in [0.25, 0.3) is 10.8 Å². The highest BCUT2D eigenvalue weighted by Crippen LogP contribution is 2.27. The van der Waals surface area contributed by atoms with E-state index >= 15 is 0 Å². The highest BCUT2D eigenvalue weighted by molar-refractivity contribution is 5.88. The molecule has 1 nitrogen and oxygen atoms in total. The third kappa shape index (κ3) is 2.40. The van der Waals surface area contributed by atoms with Crippen molar-refractivity contribution in [3.05, 3.63) is 60.2 Å². The van der Waals surface area contributed by atoms with Gasteiger partial charge in [-0.2, -0.15) is 0 Å². The molecule has 0 amide bonds. The van der Waals surface area contributed by atoms with E-state index in [0.29, 0.717) is 0 Å². The predicted octanol–water partition coefficient (Wildman–Crippen LogP) is 4.11. The molecule has 17 heavy (non-hydrogen) atoms. The van der Waals surface area contributed by atoms with E-state index in [2.05, 4.69) is 49.9 Å². The van der Waals surface area contributed by atoms with Gasteiger partial charge in [0.15, 0.2) is 0 Å². The lowest BCUT2D eigenvalue weighted by molar-refractivity contribution is 0.666. The van der Waals surface area contributed by atoms with E-state index in [-0.39, 0.29) is 6.04 Å². The van der Waals surface area contributed by atoms with Gasteiger partial charge in [-0.25, -0.2) is 0 Å². The second kappa shape index (κ2) is 5.15. The molecular weight excluding hydrogens is 206 g/mol. The first-order chi connectivity index (χ1) is 8.24. The van der Waals surface area contributed by atoms with Crippen LogP contribution in [-0.2, 0) is 0 Å². The quantitative estimate of drug-likeness (QED) is 0.778. The van der Waals surface area contributed by atoms with Crippen molar-refractivity contribution in [3.8, 4) is 0 Å². The van der Waals surface area contributed by atoms with E-state index < -0.39 is 0 Å². The van der Waals surface area contributed by atoms with Crippen molar-refractivity contribution in [2.75, 3.05) is 0 Å². The van der Waals surface area contributed by atoms with E-state index in [1.807, 2.05) is 6.08 Å². The van der Waals surface area contributed by atoms with E-state index in [9.17, 15) is 0 Å². The van der Waals surface area contributed by atoms with Crippen molar-refractivity contribution in [2.24, 2.45) is 5.73 Å². The molecule has 0 aliphatic carbocycles. The van der Waals surface area contributed by atoms with Crippen molar-refractivity contribution in [3.63, 3.8) is 0 Å². The Morgan fingerprint density at radius 3 is 2.59 bits per heavy atom. The molecule has 2 aromatic rings. The number of benzene rings is 2. The summed E-state index contributed by atoms with van der Waals surface area (Å²) in [7, 11) is 0. The van der Waals surface area contributed by atoms with Crippen LogP contribution in [0.4, 0.5) is 0 Å². The summed E-state index contributed by atoms with van der Waals surface area (Å²) in [6.07, 6.45) is 3.84. The molecule has 0 heterocycles. The summed E-state index contributed by atoms with van der Waals surface area (Å²) in [6, 6.07) is 12.9. The largest absolute Gasteiger partial charge is 0.324 e. The molecule has 0 saturated carbocycles. The average Bonchev–Trinajstić information content (AvgIpc) is 2.37. The van der Waals surface area contributed by atoms with E-state index in [1.54, 1.807) is 0 Å². The van der Waals surface area contributed by atoms with Gasteiger partial charge in [0.2, 0.25) is 0 Å². The zero-order chi connectivity index (χ0) is 12.3. The van der Waals surface area contributed by atoms with Crippen molar-refractivity contribution in [2.45, 2.75) is 25.8 Å². The van der Waals surface area contributed by atoms with Gasteiger partial charge in [-0.3, -0.25) is 0 Å². The fourth-order valence-corrected chi connectivity index (χ4v) is 2.25. The first kappa shape index (κ1) is 11.9. The second-order valence-electron chi connectivity index (χ2n) is 4.49. The van der Waals surface area contributed by atoms with Crippen LogP contribution in [0.2, 0.25) is 0 Å². The van der Waals surface area contributed by atoms with Crippen LogP contribution in [0.15, 0.2) is 49.1 Å². The van der Waals surface area contributed by atoms with Gasteiger partial charge in [-0.05, 0) is 41.7 Å². The lowest BCUT2D eigenvalue weighted by Gasteiger charge is -2.15. The molecule has 0 bridgehead atoms. The van der Waals surface area contributed by atoms with Crippen molar-refractivity contribution >= 4 is 10.8 Å². The Labute approximate surface area is 103 Å². The molecule has 0 fully saturated rings. The minimum atomic E-state index is 0.0958. The Morgan fingerprint density at radius 1 is 1.18 bits per heavy atom. The summed E-state index contributed by atoms with van der Waals surface area (Å²) in [5.74, 6) is 0. The molecule has 2 rings (SSSR count). The van der Waals surface area contributed by atoms with Gasteiger partial charge in [0.1, 0.15) is 0 Å². The summed E-state index contributed by atoms with van der Waals surface area (Å²) >= 11 is 0. The molecule has 2 aromatic carbocycles. The van der Waals surface area contributed by atoms with Crippen LogP contribution in [0.1, 0.15) is 30.0 Å². The fourth-order valence-electron chi connectivity index (χ4n) is 2.25. The van der Waals surface area contributed by atoms with Gasteiger partial charge in [0.05, 0.1) is 0 Å². The van der Waals surface area contributed by atoms with Crippen LogP contribution >= 0.6 is 0 Å². The Kier molecular flexibility index (Phi) is 3.60. The molecule has 1 heteroatoms. The average molecular weight is 225 g/mol. The first-order valence-corrected chi connectivity index (χ1v) is 6.08. The molecule has 0 aromatic heterocycles. The smallest absolute Gasteiger partial charge is 0.0303 e. The maximum absolute atomic E-state index is 6.25. The molecule has 0 unspecified atom stereocenters. The van der Waals surface area contributed by atoms with E-state index in [0.717, 1.165) is 12.8 Å². The third-order valence-electron chi connectivity index (χ3n) is 3.26. The van der Waals surface area contributed by atoms with Crippen molar-refractivity contribution in [1.29, 1.82) is 0 Å². The molecule has 0 aliphatic heterocycles. The lowest BCUT2D eigenvalue weighted by atomic mass is 9.94. The molecule has 88 valence electrons.